The molecule has 1 aromatic heterocycles. The van der Waals surface area contributed by atoms with E-state index in [-0.39, 0.29) is 24.1 Å². The van der Waals surface area contributed by atoms with E-state index in [9.17, 15) is 9.59 Å². The summed E-state index contributed by atoms with van der Waals surface area (Å²) >= 11 is 1.32. The van der Waals surface area contributed by atoms with E-state index in [1.54, 1.807) is 12.3 Å². The second-order valence-electron chi connectivity index (χ2n) is 5.80. The number of benzene rings is 2. The first-order chi connectivity index (χ1) is 12.7. The number of hydrogen-bond donors (Lipinski definition) is 2. The number of para-hydroxylation sites is 2. The van der Waals surface area contributed by atoms with Crippen LogP contribution in [0.2, 0.25) is 0 Å². The number of thioether (sulfide) groups is 1. The minimum absolute atomic E-state index is 0.0316. The molecular weight excluding hydrogens is 348 g/mol. The van der Waals surface area contributed by atoms with Crippen molar-refractivity contribution in [1.29, 1.82) is 0 Å². The predicted octanol–water partition coefficient (Wildman–Crippen LogP) is 3.15. The molecule has 0 bridgehead atoms. The molecule has 0 aliphatic carbocycles. The molecular formula is C19H16N4O2S. The Morgan fingerprint density at radius 1 is 1.12 bits per heavy atom. The van der Waals surface area contributed by atoms with Crippen LogP contribution in [0, 0.1) is 0 Å². The van der Waals surface area contributed by atoms with Crippen molar-refractivity contribution in [1.82, 2.24) is 9.97 Å². The van der Waals surface area contributed by atoms with E-state index in [4.69, 9.17) is 0 Å². The Kier molecular flexibility index (Phi) is 4.45. The Bertz CT molecular complexity index is 955. The maximum Gasteiger partial charge on any atom is 0.244 e. The van der Waals surface area contributed by atoms with Gasteiger partial charge in [-0.2, -0.15) is 0 Å². The van der Waals surface area contributed by atoms with E-state index in [0.29, 0.717) is 10.8 Å². The van der Waals surface area contributed by atoms with Crippen LogP contribution in [-0.4, -0.2) is 34.1 Å². The third-order valence-corrected chi connectivity index (χ3v) is 4.91. The maximum absolute atomic E-state index is 12.6. The molecule has 7 heteroatoms. The van der Waals surface area contributed by atoms with Gasteiger partial charge in [0.25, 0.3) is 0 Å². The third-order valence-electron chi connectivity index (χ3n) is 4.04. The summed E-state index contributed by atoms with van der Waals surface area (Å²) in [7, 11) is 0. The normalized spacial score (nSPS) is 13.2. The van der Waals surface area contributed by atoms with Gasteiger partial charge in [-0.15, -0.1) is 0 Å². The largest absolute Gasteiger partial charge is 0.333 e. The highest BCUT2D eigenvalue weighted by Crippen LogP contribution is 2.30. The second-order valence-corrected chi connectivity index (χ2v) is 6.77. The molecule has 2 amide bonds. The highest BCUT2D eigenvalue weighted by Gasteiger charge is 2.26. The molecule has 0 unspecified atom stereocenters. The molecule has 2 N–H and O–H groups in total. The number of carbonyl (C=O) groups is 2. The molecule has 4 rings (SSSR count). The highest BCUT2D eigenvalue weighted by atomic mass is 32.2. The van der Waals surface area contributed by atoms with Crippen LogP contribution in [0.5, 0.6) is 0 Å². The summed E-state index contributed by atoms with van der Waals surface area (Å²) in [6.45, 7) is 0.0316. The molecule has 3 aromatic rings. The lowest BCUT2D eigenvalue weighted by atomic mass is 10.2. The van der Waals surface area contributed by atoms with Gasteiger partial charge in [-0.3, -0.25) is 9.59 Å². The number of fused-ring (bicyclic) bond motifs is 1. The molecule has 1 aliphatic rings. The van der Waals surface area contributed by atoms with Gasteiger partial charge in [-0.25, -0.2) is 4.98 Å². The van der Waals surface area contributed by atoms with Crippen molar-refractivity contribution in [3.05, 3.63) is 60.8 Å². The Morgan fingerprint density at radius 3 is 2.73 bits per heavy atom. The number of nitrogens with one attached hydrogen (secondary N) is 2. The molecule has 0 radical (unpaired) electrons. The quantitative estimate of drug-likeness (QED) is 0.697. The molecule has 2 aromatic carbocycles. The third kappa shape index (κ3) is 3.34. The minimum atomic E-state index is -0.189. The summed E-state index contributed by atoms with van der Waals surface area (Å²) in [6, 6.07) is 17.2. The van der Waals surface area contributed by atoms with Crippen LogP contribution < -0.4 is 10.2 Å². The molecule has 0 saturated carbocycles. The molecule has 1 aliphatic heterocycles. The minimum Gasteiger partial charge on any atom is -0.333 e. The van der Waals surface area contributed by atoms with E-state index in [1.807, 2.05) is 48.5 Å². The van der Waals surface area contributed by atoms with Gasteiger partial charge < -0.3 is 15.2 Å². The van der Waals surface area contributed by atoms with Crippen molar-refractivity contribution in [3.63, 3.8) is 0 Å². The zero-order valence-corrected chi connectivity index (χ0v) is 14.6. The van der Waals surface area contributed by atoms with Crippen molar-refractivity contribution in [2.75, 3.05) is 22.5 Å². The van der Waals surface area contributed by atoms with Gasteiger partial charge in [0.05, 0.1) is 29.0 Å². The average Bonchev–Trinajstić information content (AvgIpc) is 3.15. The number of hydrogen-bond acceptors (Lipinski definition) is 4. The lowest BCUT2D eigenvalue weighted by molar-refractivity contribution is -0.120. The SMILES string of the molecule is O=C1CN(C(=O)CSc2ncc(-c3ccccc3)[nH]2)c2ccccc2N1. The van der Waals surface area contributed by atoms with Gasteiger partial charge in [-0.05, 0) is 17.7 Å². The van der Waals surface area contributed by atoms with Crippen molar-refractivity contribution in [2.24, 2.45) is 0 Å². The fourth-order valence-electron chi connectivity index (χ4n) is 2.80. The highest BCUT2D eigenvalue weighted by molar-refractivity contribution is 7.99. The summed E-state index contributed by atoms with van der Waals surface area (Å²) in [6.07, 6.45) is 1.76. The lowest BCUT2D eigenvalue weighted by Gasteiger charge is -2.28. The van der Waals surface area contributed by atoms with E-state index in [2.05, 4.69) is 15.3 Å². The van der Waals surface area contributed by atoms with Crippen LogP contribution in [0.4, 0.5) is 11.4 Å². The van der Waals surface area contributed by atoms with E-state index < -0.39 is 0 Å². The van der Waals surface area contributed by atoms with Crippen LogP contribution in [0.1, 0.15) is 0 Å². The molecule has 130 valence electrons. The summed E-state index contributed by atoms with van der Waals surface area (Å²) in [5.41, 5.74) is 3.33. The molecule has 26 heavy (non-hydrogen) atoms. The predicted molar refractivity (Wildman–Crippen MR) is 102 cm³/mol. The Morgan fingerprint density at radius 2 is 1.88 bits per heavy atom. The van der Waals surface area contributed by atoms with Gasteiger partial charge in [0, 0.05) is 0 Å². The second kappa shape index (κ2) is 7.05. The van der Waals surface area contributed by atoms with Crippen molar-refractivity contribution >= 4 is 35.0 Å². The zero-order chi connectivity index (χ0) is 17.9. The first kappa shape index (κ1) is 16.4. The topological polar surface area (TPSA) is 78.1 Å². The molecule has 6 nitrogen and oxygen atoms in total. The van der Waals surface area contributed by atoms with Gasteiger partial charge in [0.1, 0.15) is 6.54 Å². The number of rotatable bonds is 4. The van der Waals surface area contributed by atoms with E-state index in [1.165, 1.54) is 16.7 Å². The molecule has 0 fully saturated rings. The first-order valence-electron chi connectivity index (χ1n) is 8.13. The van der Waals surface area contributed by atoms with Crippen LogP contribution >= 0.6 is 11.8 Å². The monoisotopic (exact) mass is 364 g/mol. The maximum atomic E-state index is 12.6. The first-order valence-corrected chi connectivity index (χ1v) is 9.12. The van der Waals surface area contributed by atoms with Crippen molar-refractivity contribution < 1.29 is 9.59 Å². The summed E-state index contributed by atoms with van der Waals surface area (Å²) in [4.78, 5) is 33.5. The number of nitrogens with zero attached hydrogens (tertiary/aromatic N) is 2. The lowest BCUT2D eigenvalue weighted by Crippen LogP contribution is -2.43. The Balaban J connectivity index is 1.45. The Hall–Kier alpha value is -3.06. The fourth-order valence-corrected chi connectivity index (χ4v) is 3.53. The number of H-pyrrole nitrogens is 1. The van der Waals surface area contributed by atoms with Crippen LogP contribution in [0.3, 0.4) is 0 Å². The number of carbonyl (C=O) groups excluding carboxylic acids is 2. The van der Waals surface area contributed by atoms with Gasteiger partial charge in [0.15, 0.2) is 5.16 Å². The molecule has 0 atom stereocenters. The molecule has 0 saturated heterocycles. The Labute approximate surface area is 154 Å². The van der Waals surface area contributed by atoms with E-state index in [0.717, 1.165) is 16.9 Å². The number of amides is 2. The van der Waals surface area contributed by atoms with Crippen LogP contribution in [-0.2, 0) is 9.59 Å². The molecule has 2 heterocycles. The number of anilines is 2. The van der Waals surface area contributed by atoms with Gasteiger partial charge in [-0.1, -0.05) is 54.2 Å². The zero-order valence-electron chi connectivity index (χ0n) is 13.8. The number of aromatic amines is 1. The number of aromatic nitrogens is 2. The van der Waals surface area contributed by atoms with E-state index >= 15 is 0 Å². The smallest absolute Gasteiger partial charge is 0.244 e. The van der Waals surface area contributed by atoms with Crippen molar-refractivity contribution in [3.8, 4) is 11.3 Å². The van der Waals surface area contributed by atoms with Gasteiger partial charge >= 0.3 is 0 Å². The van der Waals surface area contributed by atoms with Crippen LogP contribution in [0.25, 0.3) is 11.3 Å². The van der Waals surface area contributed by atoms with Gasteiger partial charge in [0.2, 0.25) is 11.8 Å². The number of imidazole rings is 1. The average molecular weight is 364 g/mol. The summed E-state index contributed by atoms with van der Waals surface area (Å²) in [5.74, 6) is -0.120. The summed E-state index contributed by atoms with van der Waals surface area (Å²) < 4.78 is 0. The molecule has 0 spiro atoms. The van der Waals surface area contributed by atoms with Crippen molar-refractivity contribution in [2.45, 2.75) is 5.16 Å². The standard InChI is InChI=1S/C19H16N4O2S/c24-17-11-23(16-9-5-4-8-14(16)21-17)18(25)12-26-19-20-10-15(22-19)13-6-2-1-3-7-13/h1-10H,11-12H2,(H,20,22)(H,21,24). The fraction of sp³-hybridized carbons (Fsp3) is 0.105. The summed E-state index contributed by atoms with van der Waals surface area (Å²) in [5, 5.41) is 3.45. The van der Waals surface area contributed by atoms with Crippen LogP contribution in [0.15, 0.2) is 66.0 Å².